The van der Waals surface area contributed by atoms with E-state index in [-0.39, 0.29) is 11.3 Å². The molecule has 0 heterocycles. The number of hydrogen-bond acceptors (Lipinski definition) is 1. The number of rotatable bonds is 1. The number of nitrogens with two attached hydrogens (primary N) is 2. The van der Waals surface area contributed by atoms with E-state index >= 15 is 0 Å². The van der Waals surface area contributed by atoms with Crippen LogP contribution in [-0.2, 0) is 0 Å². The molecule has 7 heteroatoms. The molecule has 5 nitrogen and oxygen atoms in total. The molecule has 0 bridgehead atoms. The lowest BCUT2D eigenvalue weighted by Crippen LogP contribution is -2.30. The van der Waals surface area contributed by atoms with E-state index in [1.54, 1.807) is 0 Å². The van der Waals surface area contributed by atoms with Gasteiger partial charge in [-0.3, -0.25) is 4.90 Å². The van der Waals surface area contributed by atoms with Crippen LogP contribution in [0, 0.1) is 18.6 Å². The zero-order valence-electron chi connectivity index (χ0n) is 9.37. The monoisotopic (exact) mass is 242 g/mol. The maximum atomic E-state index is 13.5. The van der Waals surface area contributed by atoms with E-state index < -0.39 is 23.6 Å². The first kappa shape index (κ1) is 12.9. The lowest BCUT2D eigenvalue weighted by molar-refractivity contribution is 0.255. The molecular formula is C10H12F2N4O. The second-order valence-corrected chi connectivity index (χ2v) is 3.43. The third-order valence-electron chi connectivity index (χ3n) is 2.07. The van der Waals surface area contributed by atoms with Gasteiger partial charge < -0.3 is 11.5 Å². The summed E-state index contributed by atoms with van der Waals surface area (Å²) in [5.41, 5.74) is 10.3. The van der Waals surface area contributed by atoms with Crippen LogP contribution in [0.5, 0.6) is 0 Å². The number of nitrogens with zero attached hydrogens (tertiary/aromatic N) is 2. The van der Waals surface area contributed by atoms with Crippen LogP contribution in [0.2, 0.25) is 0 Å². The highest BCUT2D eigenvalue weighted by atomic mass is 19.1. The fourth-order valence-corrected chi connectivity index (χ4v) is 1.40. The van der Waals surface area contributed by atoms with E-state index in [9.17, 15) is 13.6 Å². The second-order valence-electron chi connectivity index (χ2n) is 3.43. The minimum absolute atomic E-state index is 0.0681. The van der Waals surface area contributed by atoms with Crippen molar-refractivity contribution in [2.24, 2.45) is 16.5 Å². The van der Waals surface area contributed by atoms with E-state index in [1.165, 1.54) is 14.0 Å². The fraction of sp³-hybridized carbons (Fsp3) is 0.200. The molecule has 0 saturated carbocycles. The molecule has 0 atom stereocenters. The summed E-state index contributed by atoms with van der Waals surface area (Å²) in [7, 11) is 1.29. The first-order valence-electron chi connectivity index (χ1n) is 4.66. The molecule has 0 aliphatic heterocycles. The van der Waals surface area contributed by atoms with E-state index in [0.717, 1.165) is 11.0 Å². The quantitative estimate of drug-likeness (QED) is 0.571. The van der Waals surface area contributed by atoms with Crippen molar-refractivity contribution in [1.82, 2.24) is 0 Å². The number of carbonyl (C=O) groups excluding carboxylic acids is 1. The van der Waals surface area contributed by atoms with Crippen LogP contribution < -0.4 is 16.4 Å². The van der Waals surface area contributed by atoms with Crippen LogP contribution in [-0.4, -0.2) is 19.0 Å². The number of aliphatic imine (C=N–C) groups is 1. The van der Waals surface area contributed by atoms with Crippen molar-refractivity contribution in [1.29, 1.82) is 0 Å². The number of anilines is 1. The molecule has 0 spiro atoms. The molecular weight excluding hydrogens is 230 g/mol. The van der Waals surface area contributed by atoms with Crippen LogP contribution >= 0.6 is 0 Å². The molecule has 92 valence electrons. The SMILES string of the molecule is Cc1cc(F)cc(F)c1N(C)C(=O)N=C(N)N. The Bertz CT molecular complexity index is 460. The zero-order valence-corrected chi connectivity index (χ0v) is 9.37. The number of hydrogen-bond donors (Lipinski definition) is 2. The minimum atomic E-state index is -0.857. The summed E-state index contributed by atoms with van der Waals surface area (Å²) in [5, 5.41) is 0. The van der Waals surface area contributed by atoms with Crippen molar-refractivity contribution in [3.8, 4) is 0 Å². The maximum absolute atomic E-state index is 13.5. The number of amides is 2. The van der Waals surface area contributed by atoms with Gasteiger partial charge in [-0.25, -0.2) is 13.6 Å². The normalized spacial score (nSPS) is 9.88. The van der Waals surface area contributed by atoms with Crippen LogP contribution in [0.3, 0.4) is 0 Å². The lowest BCUT2D eigenvalue weighted by Gasteiger charge is -2.17. The number of carbonyl (C=O) groups is 1. The Morgan fingerprint density at radius 2 is 1.94 bits per heavy atom. The molecule has 4 N–H and O–H groups in total. The predicted octanol–water partition coefficient (Wildman–Crippen LogP) is 1.10. The van der Waals surface area contributed by atoms with Crippen molar-refractivity contribution in [2.75, 3.05) is 11.9 Å². The van der Waals surface area contributed by atoms with Gasteiger partial charge in [-0.15, -0.1) is 0 Å². The highest BCUT2D eigenvalue weighted by molar-refractivity contribution is 5.99. The molecule has 2 amide bonds. The summed E-state index contributed by atoms with van der Waals surface area (Å²) in [6.07, 6.45) is 0. The van der Waals surface area contributed by atoms with Crippen molar-refractivity contribution < 1.29 is 13.6 Å². The molecule has 17 heavy (non-hydrogen) atoms. The van der Waals surface area contributed by atoms with E-state index in [4.69, 9.17) is 11.5 Å². The third kappa shape index (κ3) is 2.90. The van der Waals surface area contributed by atoms with Gasteiger partial charge in [0.25, 0.3) is 0 Å². The Labute approximate surface area is 96.7 Å². The standard InChI is InChI=1S/C10H12F2N4O/c1-5-3-6(11)4-7(12)8(5)16(2)10(17)15-9(13)14/h3-4H,1-2H3,(H4,13,14,15,17). The van der Waals surface area contributed by atoms with Crippen molar-refractivity contribution in [3.05, 3.63) is 29.3 Å². The van der Waals surface area contributed by atoms with Gasteiger partial charge in [0, 0.05) is 13.1 Å². The van der Waals surface area contributed by atoms with Crippen LogP contribution in [0.15, 0.2) is 17.1 Å². The fourth-order valence-electron chi connectivity index (χ4n) is 1.40. The molecule has 0 unspecified atom stereocenters. The largest absolute Gasteiger partial charge is 0.370 e. The topological polar surface area (TPSA) is 84.7 Å². The minimum Gasteiger partial charge on any atom is -0.370 e. The number of guanidine groups is 1. The van der Waals surface area contributed by atoms with Crippen molar-refractivity contribution in [3.63, 3.8) is 0 Å². The van der Waals surface area contributed by atoms with E-state index in [1.807, 2.05) is 0 Å². The lowest BCUT2D eigenvalue weighted by atomic mass is 10.1. The molecule has 1 rings (SSSR count). The zero-order chi connectivity index (χ0) is 13.2. The number of urea groups is 1. The molecule has 0 aliphatic carbocycles. The first-order chi connectivity index (χ1) is 7.82. The molecule has 0 aromatic heterocycles. The summed E-state index contributed by atoms with van der Waals surface area (Å²) in [5.74, 6) is -2.00. The van der Waals surface area contributed by atoms with Crippen LogP contribution in [0.1, 0.15) is 5.56 Å². The van der Waals surface area contributed by atoms with Gasteiger partial charge in [0.2, 0.25) is 0 Å². The van der Waals surface area contributed by atoms with Gasteiger partial charge in [0.05, 0.1) is 5.69 Å². The van der Waals surface area contributed by atoms with Gasteiger partial charge >= 0.3 is 6.03 Å². The summed E-state index contributed by atoms with van der Waals surface area (Å²) in [6, 6.07) is 0.956. The molecule has 1 aromatic rings. The Balaban J connectivity index is 3.17. The first-order valence-corrected chi connectivity index (χ1v) is 4.66. The summed E-state index contributed by atoms with van der Waals surface area (Å²) < 4.78 is 26.4. The number of benzene rings is 1. The molecule has 0 fully saturated rings. The maximum Gasteiger partial charge on any atom is 0.351 e. The van der Waals surface area contributed by atoms with Gasteiger partial charge in [-0.1, -0.05) is 0 Å². The summed E-state index contributed by atoms with van der Waals surface area (Å²) in [4.78, 5) is 15.6. The summed E-state index contributed by atoms with van der Waals surface area (Å²) in [6.45, 7) is 1.47. The van der Waals surface area contributed by atoms with Gasteiger partial charge in [0.1, 0.15) is 11.6 Å². The van der Waals surface area contributed by atoms with Crippen molar-refractivity contribution >= 4 is 17.7 Å². The molecule has 1 aromatic carbocycles. The average Bonchev–Trinajstić information content (AvgIpc) is 2.14. The number of halogens is 2. The molecule has 0 aliphatic rings. The third-order valence-corrected chi connectivity index (χ3v) is 2.07. The Kier molecular flexibility index (Phi) is 3.62. The van der Waals surface area contributed by atoms with Crippen LogP contribution in [0.25, 0.3) is 0 Å². The average molecular weight is 242 g/mol. The smallest absolute Gasteiger partial charge is 0.351 e. The van der Waals surface area contributed by atoms with Gasteiger partial charge in [0.15, 0.2) is 5.96 Å². The van der Waals surface area contributed by atoms with Crippen molar-refractivity contribution in [2.45, 2.75) is 6.92 Å². The Morgan fingerprint density at radius 3 is 2.41 bits per heavy atom. The molecule has 0 saturated heterocycles. The van der Waals surface area contributed by atoms with E-state index in [2.05, 4.69) is 4.99 Å². The van der Waals surface area contributed by atoms with Gasteiger partial charge in [-0.05, 0) is 18.6 Å². The second kappa shape index (κ2) is 4.77. The highest BCUT2D eigenvalue weighted by Gasteiger charge is 2.17. The Morgan fingerprint density at radius 1 is 1.35 bits per heavy atom. The summed E-state index contributed by atoms with van der Waals surface area (Å²) >= 11 is 0. The molecule has 0 radical (unpaired) electrons. The van der Waals surface area contributed by atoms with E-state index in [0.29, 0.717) is 6.07 Å². The van der Waals surface area contributed by atoms with Crippen LogP contribution in [0.4, 0.5) is 19.3 Å². The van der Waals surface area contributed by atoms with Gasteiger partial charge in [-0.2, -0.15) is 4.99 Å². The Hall–Kier alpha value is -2.18. The number of aryl methyl sites for hydroxylation is 1. The highest BCUT2D eigenvalue weighted by Crippen LogP contribution is 2.24. The predicted molar refractivity (Wildman–Crippen MR) is 60.7 cm³/mol.